The van der Waals surface area contributed by atoms with Crippen molar-refractivity contribution >= 4 is 21.9 Å². The van der Waals surface area contributed by atoms with Crippen LogP contribution in [0, 0.1) is 0 Å². The van der Waals surface area contributed by atoms with E-state index in [4.69, 9.17) is 9.47 Å². The molecule has 0 saturated carbocycles. The lowest BCUT2D eigenvalue weighted by atomic mass is 10.0. The molecule has 1 aromatic carbocycles. The van der Waals surface area contributed by atoms with Crippen LogP contribution in [0.25, 0.3) is 0 Å². The quantitative estimate of drug-likeness (QED) is 0.877. The smallest absolute Gasteiger partial charge is 0.320 e. The standard InChI is InChI=1S/C15H20BrNO4/c1-20-12-7-6-10(13(16)14(12)21-2)9-17-8-4-3-5-11(17)15(18)19/h6-7,11H,3-5,8-9H2,1-2H3,(H,18,19). The van der Waals surface area contributed by atoms with E-state index in [1.165, 1.54) is 0 Å². The first kappa shape index (κ1) is 16.1. The fourth-order valence-corrected chi connectivity index (χ4v) is 3.35. The van der Waals surface area contributed by atoms with Crippen LogP contribution in [0.3, 0.4) is 0 Å². The number of piperidine rings is 1. The van der Waals surface area contributed by atoms with Crippen LogP contribution in [-0.2, 0) is 11.3 Å². The summed E-state index contributed by atoms with van der Waals surface area (Å²) in [5, 5.41) is 9.34. The predicted octanol–water partition coefficient (Wildman–Crippen LogP) is 2.91. The molecule has 0 radical (unpaired) electrons. The summed E-state index contributed by atoms with van der Waals surface area (Å²) in [6, 6.07) is 3.39. The zero-order valence-corrected chi connectivity index (χ0v) is 13.9. The zero-order valence-electron chi connectivity index (χ0n) is 12.3. The number of rotatable bonds is 5. The monoisotopic (exact) mass is 357 g/mol. The molecular formula is C15H20BrNO4. The molecule has 1 heterocycles. The van der Waals surface area contributed by atoms with Crippen molar-refractivity contribution in [1.29, 1.82) is 0 Å². The highest BCUT2D eigenvalue weighted by molar-refractivity contribution is 9.10. The third kappa shape index (κ3) is 3.49. The maximum atomic E-state index is 11.4. The Balaban J connectivity index is 2.24. The number of aliphatic carboxylic acids is 1. The van der Waals surface area contributed by atoms with Crippen LogP contribution in [0.5, 0.6) is 11.5 Å². The van der Waals surface area contributed by atoms with Gasteiger partial charge in [-0.15, -0.1) is 0 Å². The van der Waals surface area contributed by atoms with Crippen LogP contribution in [-0.4, -0.2) is 42.8 Å². The number of hydrogen-bond donors (Lipinski definition) is 1. The minimum atomic E-state index is -0.744. The molecule has 0 aliphatic carbocycles. The van der Waals surface area contributed by atoms with Crippen LogP contribution in [0.2, 0.25) is 0 Å². The minimum absolute atomic E-state index is 0.404. The van der Waals surface area contributed by atoms with Crippen molar-refractivity contribution < 1.29 is 19.4 Å². The molecule has 1 aliphatic rings. The van der Waals surface area contributed by atoms with E-state index in [1.54, 1.807) is 14.2 Å². The van der Waals surface area contributed by atoms with Gasteiger partial charge in [0.25, 0.3) is 0 Å². The van der Waals surface area contributed by atoms with E-state index in [1.807, 2.05) is 17.0 Å². The van der Waals surface area contributed by atoms with E-state index in [9.17, 15) is 9.90 Å². The molecule has 0 aromatic heterocycles. The van der Waals surface area contributed by atoms with Gasteiger partial charge in [-0.3, -0.25) is 9.69 Å². The van der Waals surface area contributed by atoms with Crippen molar-refractivity contribution in [3.05, 3.63) is 22.2 Å². The second-order valence-electron chi connectivity index (χ2n) is 5.09. The zero-order chi connectivity index (χ0) is 15.4. The molecule has 0 bridgehead atoms. The molecular weight excluding hydrogens is 338 g/mol. The van der Waals surface area contributed by atoms with Gasteiger partial charge in [0, 0.05) is 6.54 Å². The van der Waals surface area contributed by atoms with Gasteiger partial charge in [0.15, 0.2) is 11.5 Å². The van der Waals surface area contributed by atoms with Gasteiger partial charge in [0.05, 0.1) is 18.7 Å². The topological polar surface area (TPSA) is 59.0 Å². The van der Waals surface area contributed by atoms with Crippen LogP contribution < -0.4 is 9.47 Å². The highest BCUT2D eigenvalue weighted by Crippen LogP contribution is 2.38. The fraction of sp³-hybridized carbons (Fsp3) is 0.533. The summed E-state index contributed by atoms with van der Waals surface area (Å²) in [6.07, 6.45) is 2.72. The number of hydrogen-bond acceptors (Lipinski definition) is 4. The van der Waals surface area contributed by atoms with Crippen LogP contribution >= 0.6 is 15.9 Å². The van der Waals surface area contributed by atoms with E-state index in [-0.39, 0.29) is 0 Å². The van der Waals surface area contributed by atoms with E-state index in [2.05, 4.69) is 15.9 Å². The van der Waals surface area contributed by atoms with Gasteiger partial charge < -0.3 is 14.6 Å². The van der Waals surface area contributed by atoms with E-state index < -0.39 is 12.0 Å². The number of halogens is 1. The Morgan fingerprint density at radius 2 is 2.14 bits per heavy atom. The summed E-state index contributed by atoms with van der Waals surface area (Å²) in [7, 11) is 3.18. The largest absolute Gasteiger partial charge is 0.493 e. The minimum Gasteiger partial charge on any atom is -0.493 e. The summed E-state index contributed by atoms with van der Waals surface area (Å²) in [4.78, 5) is 13.4. The third-order valence-electron chi connectivity index (χ3n) is 3.84. The van der Waals surface area contributed by atoms with Gasteiger partial charge in [0.2, 0.25) is 0 Å². The van der Waals surface area contributed by atoms with Crippen molar-refractivity contribution in [2.75, 3.05) is 20.8 Å². The molecule has 1 aliphatic heterocycles. The Morgan fingerprint density at radius 3 is 2.76 bits per heavy atom. The first-order valence-electron chi connectivity index (χ1n) is 6.94. The van der Waals surface area contributed by atoms with Crippen molar-refractivity contribution in [1.82, 2.24) is 4.90 Å². The Morgan fingerprint density at radius 1 is 1.38 bits per heavy atom. The first-order chi connectivity index (χ1) is 10.1. The lowest BCUT2D eigenvalue weighted by molar-refractivity contribution is -0.144. The Hall–Kier alpha value is -1.27. The lowest BCUT2D eigenvalue weighted by Crippen LogP contribution is -2.44. The van der Waals surface area contributed by atoms with E-state index >= 15 is 0 Å². The molecule has 1 fully saturated rings. The number of benzene rings is 1. The van der Waals surface area contributed by atoms with Gasteiger partial charge in [-0.2, -0.15) is 0 Å². The summed E-state index contributed by atoms with van der Waals surface area (Å²) in [6.45, 7) is 1.38. The molecule has 21 heavy (non-hydrogen) atoms. The van der Waals surface area contributed by atoms with Crippen LogP contribution in [0.15, 0.2) is 16.6 Å². The van der Waals surface area contributed by atoms with Crippen LogP contribution in [0.4, 0.5) is 0 Å². The number of likely N-dealkylation sites (tertiary alicyclic amines) is 1. The van der Waals surface area contributed by atoms with Crippen LogP contribution in [0.1, 0.15) is 24.8 Å². The SMILES string of the molecule is COc1ccc(CN2CCCCC2C(=O)O)c(Br)c1OC. The fourth-order valence-electron chi connectivity index (χ4n) is 2.73. The van der Waals surface area contributed by atoms with Crippen molar-refractivity contribution in [3.63, 3.8) is 0 Å². The molecule has 1 saturated heterocycles. The van der Waals surface area contributed by atoms with Gasteiger partial charge >= 0.3 is 5.97 Å². The molecule has 0 spiro atoms. The third-order valence-corrected chi connectivity index (χ3v) is 4.71. The average molecular weight is 358 g/mol. The molecule has 5 nitrogen and oxygen atoms in total. The molecule has 2 rings (SSSR count). The van der Waals surface area contributed by atoms with Gasteiger partial charge in [-0.25, -0.2) is 0 Å². The first-order valence-corrected chi connectivity index (χ1v) is 7.74. The maximum absolute atomic E-state index is 11.4. The Labute approximate surface area is 133 Å². The molecule has 1 atom stereocenters. The predicted molar refractivity (Wildman–Crippen MR) is 82.9 cm³/mol. The number of carboxylic acids is 1. The molecule has 1 N–H and O–H groups in total. The number of carboxylic acid groups (broad SMARTS) is 1. The number of carbonyl (C=O) groups is 1. The summed E-state index contributed by atoms with van der Waals surface area (Å²) < 4.78 is 11.4. The van der Waals surface area contributed by atoms with Crippen molar-refractivity contribution in [2.45, 2.75) is 31.8 Å². The second kappa shape index (κ2) is 7.13. The molecule has 116 valence electrons. The maximum Gasteiger partial charge on any atom is 0.320 e. The van der Waals surface area contributed by atoms with Crippen molar-refractivity contribution in [3.8, 4) is 11.5 Å². The van der Waals surface area contributed by atoms with Gasteiger partial charge in [-0.05, 0) is 46.9 Å². The highest BCUT2D eigenvalue weighted by Gasteiger charge is 2.29. The highest BCUT2D eigenvalue weighted by atomic mass is 79.9. The number of ether oxygens (including phenoxy) is 2. The molecule has 6 heteroatoms. The molecule has 1 aromatic rings. The molecule has 1 unspecified atom stereocenters. The normalized spacial score (nSPS) is 19.3. The second-order valence-corrected chi connectivity index (χ2v) is 5.89. The summed E-state index contributed by atoms with van der Waals surface area (Å²) >= 11 is 3.54. The molecule has 0 amide bonds. The lowest BCUT2D eigenvalue weighted by Gasteiger charge is -2.33. The van der Waals surface area contributed by atoms with E-state index in [0.717, 1.165) is 29.4 Å². The summed E-state index contributed by atoms with van der Waals surface area (Å²) in [5.41, 5.74) is 1.00. The van der Waals surface area contributed by atoms with Gasteiger partial charge in [-0.1, -0.05) is 12.5 Å². The number of nitrogens with zero attached hydrogens (tertiary/aromatic N) is 1. The number of methoxy groups -OCH3 is 2. The summed E-state index contributed by atoms with van der Waals surface area (Å²) in [5.74, 6) is 0.548. The Kier molecular flexibility index (Phi) is 5.47. The van der Waals surface area contributed by atoms with E-state index in [0.29, 0.717) is 24.5 Å². The average Bonchev–Trinajstić information content (AvgIpc) is 2.49. The Bertz CT molecular complexity index is 521. The van der Waals surface area contributed by atoms with Gasteiger partial charge in [0.1, 0.15) is 6.04 Å². The van der Waals surface area contributed by atoms with Crippen molar-refractivity contribution in [2.24, 2.45) is 0 Å².